The van der Waals surface area contributed by atoms with Crippen LogP contribution in [0.2, 0.25) is 0 Å². The minimum Gasteiger partial charge on any atom is -0.397 e. The van der Waals surface area contributed by atoms with Gasteiger partial charge in [0.1, 0.15) is 0 Å². The molecular formula is C61H51BBr2N6O2. The monoisotopic (exact) mass is 1070 g/mol. The molecule has 0 unspecified atom stereocenters. The van der Waals surface area contributed by atoms with Crippen molar-refractivity contribution in [2.75, 3.05) is 0 Å². The third-order valence-electron chi connectivity index (χ3n) is 12.4. The molecule has 2 aromatic heterocycles. The molecule has 11 heteroatoms. The van der Waals surface area contributed by atoms with Gasteiger partial charge >= 0.3 is 7.12 Å². The molecule has 0 atom stereocenters. The molecule has 10 aromatic rings. The van der Waals surface area contributed by atoms with Crippen LogP contribution in [-0.4, -0.2) is 48.2 Å². The number of rotatable bonds is 8. The van der Waals surface area contributed by atoms with E-state index in [-0.39, 0.29) is 0 Å². The standard InChI is InChI=1S/C27H26BN3O2.C27H18BrN3.C7H7Br/c1-26(2)27(3,4)33-28(32-26)25-30-23(21-13-9-6-10-14-21)29-24(31-25)22-17-15-20(16-18-22)19-11-7-5-8-12-19;28-24-17-15-23(16-18-24)27-30-25(21-9-5-2-6-10-21)29-26(31-27)22-13-11-20(12-14-22)19-7-3-1-4-8-19;1-6-2-4-7(8)5-3-6/h5-18H,1-4H3;1-18H;2-5H,1H3. The summed E-state index contributed by atoms with van der Waals surface area (Å²) in [6.07, 6.45) is 0. The summed E-state index contributed by atoms with van der Waals surface area (Å²) in [7, 11) is -0.664. The number of hydrogen-bond acceptors (Lipinski definition) is 8. The maximum absolute atomic E-state index is 6.23. The van der Waals surface area contributed by atoms with Crippen molar-refractivity contribution < 1.29 is 9.31 Å². The van der Waals surface area contributed by atoms with Gasteiger partial charge < -0.3 is 9.31 Å². The van der Waals surface area contributed by atoms with E-state index in [0.29, 0.717) is 34.8 Å². The van der Waals surface area contributed by atoms with Crippen molar-refractivity contribution in [2.24, 2.45) is 0 Å². The van der Waals surface area contributed by atoms with Crippen molar-refractivity contribution in [3.05, 3.63) is 233 Å². The molecule has 0 bridgehead atoms. The van der Waals surface area contributed by atoms with Gasteiger partial charge in [0.2, 0.25) is 0 Å². The van der Waals surface area contributed by atoms with E-state index < -0.39 is 18.3 Å². The lowest BCUT2D eigenvalue weighted by Gasteiger charge is -2.32. The maximum Gasteiger partial charge on any atom is 0.534 e. The fourth-order valence-corrected chi connectivity index (χ4v) is 8.19. The van der Waals surface area contributed by atoms with Crippen LogP contribution in [0.15, 0.2) is 227 Å². The first-order valence-electron chi connectivity index (χ1n) is 23.7. The lowest BCUT2D eigenvalue weighted by molar-refractivity contribution is 0.00578. The molecule has 3 heterocycles. The highest BCUT2D eigenvalue weighted by molar-refractivity contribution is 9.10. The molecular weight excluding hydrogens is 1020 g/mol. The van der Waals surface area contributed by atoms with Crippen molar-refractivity contribution in [1.29, 1.82) is 0 Å². The van der Waals surface area contributed by atoms with E-state index in [4.69, 9.17) is 39.2 Å². The lowest BCUT2D eigenvalue weighted by Crippen LogP contribution is -2.41. The molecule has 1 aliphatic heterocycles. The van der Waals surface area contributed by atoms with Crippen LogP contribution in [0, 0.1) is 6.92 Å². The second-order valence-electron chi connectivity index (χ2n) is 18.2. The lowest BCUT2D eigenvalue weighted by atomic mass is 9.89. The van der Waals surface area contributed by atoms with Gasteiger partial charge in [0, 0.05) is 36.8 Å². The molecule has 0 aliphatic carbocycles. The third kappa shape index (κ3) is 12.2. The second kappa shape index (κ2) is 22.4. The predicted octanol–water partition coefficient (Wildman–Crippen LogP) is 15.2. The summed E-state index contributed by atoms with van der Waals surface area (Å²) in [4.78, 5) is 28.6. The van der Waals surface area contributed by atoms with Crippen LogP contribution in [0.25, 0.3) is 79.2 Å². The van der Waals surface area contributed by atoms with Gasteiger partial charge in [-0.1, -0.05) is 232 Å². The third-order valence-corrected chi connectivity index (χ3v) is 13.5. The van der Waals surface area contributed by atoms with Gasteiger partial charge in [-0.3, -0.25) is 0 Å². The summed E-state index contributed by atoms with van der Waals surface area (Å²) in [6, 6.07) is 73.4. The van der Waals surface area contributed by atoms with Crippen LogP contribution in [0.3, 0.4) is 0 Å². The Hall–Kier alpha value is -7.28. The average Bonchev–Trinajstić information content (AvgIpc) is 3.66. The van der Waals surface area contributed by atoms with Crippen LogP contribution in [0.4, 0.5) is 0 Å². The van der Waals surface area contributed by atoms with Crippen molar-refractivity contribution in [3.63, 3.8) is 0 Å². The van der Waals surface area contributed by atoms with Crippen molar-refractivity contribution in [3.8, 4) is 79.2 Å². The van der Waals surface area contributed by atoms with Crippen LogP contribution in [0.1, 0.15) is 33.3 Å². The van der Waals surface area contributed by atoms with E-state index in [1.165, 1.54) is 16.7 Å². The molecule has 0 spiro atoms. The molecule has 11 rings (SSSR count). The fraction of sp³-hybridized carbons (Fsp3) is 0.115. The number of halogens is 2. The Morgan fingerprint density at radius 1 is 0.306 bits per heavy atom. The molecule has 72 heavy (non-hydrogen) atoms. The topological polar surface area (TPSA) is 95.8 Å². The summed E-state index contributed by atoms with van der Waals surface area (Å²) in [5, 5.41) is 0. The Morgan fingerprint density at radius 2 is 0.542 bits per heavy atom. The number of aromatic nitrogens is 6. The molecule has 0 amide bonds. The van der Waals surface area contributed by atoms with Gasteiger partial charge in [-0.25, -0.2) is 29.9 Å². The zero-order chi connectivity index (χ0) is 50.1. The highest BCUT2D eigenvalue weighted by atomic mass is 79.9. The summed E-state index contributed by atoms with van der Waals surface area (Å²) in [6.45, 7) is 10.2. The zero-order valence-corrected chi connectivity index (χ0v) is 43.8. The molecule has 0 saturated carbocycles. The smallest absolute Gasteiger partial charge is 0.397 e. The highest BCUT2D eigenvalue weighted by Crippen LogP contribution is 2.37. The van der Waals surface area contributed by atoms with E-state index in [2.05, 4.69) is 112 Å². The fourth-order valence-electron chi connectivity index (χ4n) is 7.66. The van der Waals surface area contributed by atoms with Crippen LogP contribution >= 0.6 is 31.9 Å². The molecule has 354 valence electrons. The van der Waals surface area contributed by atoms with Gasteiger partial charge in [0.05, 0.1) is 11.2 Å². The van der Waals surface area contributed by atoms with Gasteiger partial charge in [0.25, 0.3) is 0 Å². The van der Waals surface area contributed by atoms with Crippen molar-refractivity contribution in [1.82, 2.24) is 29.9 Å². The highest BCUT2D eigenvalue weighted by Gasteiger charge is 2.53. The van der Waals surface area contributed by atoms with Gasteiger partial charge in [-0.15, -0.1) is 0 Å². The number of nitrogens with zero attached hydrogens (tertiary/aromatic N) is 6. The Morgan fingerprint density at radius 3 is 0.861 bits per heavy atom. The largest absolute Gasteiger partial charge is 0.534 e. The Kier molecular flexibility index (Phi) is 15.5. The van der Waals surface area contributed by atoms with E-state index in [0.717, 1.165) is 47.9 Å². The predicted molar refractivity (Wildman–Crippen MR) is 300 cm³/mol. The normalized spacial score (nSPS) is 13.3. The van der Waals surface area contributed by atoms with Gasteiger partial charge in [-0.2, -0.15) is 0 Å². The molecule has 8 nitrogen and oxygen atoms in total. The van der Waals surface area contributed by atoms with Crippen LogP contribution < -0.4 is 5.72 Å². The summed E-state index contributed by atoms with van der Waals surface area (Å²) in [5.74, 6) is 3.16. The van der Waals surface area contributed by atoms with E-state index in [1.807, 2.05) is 173 Å². The average molecular weight is 1070 g/mol. The minimum atomic E-state index is -0.664. The van der Waals surface area contributed by atoms with Crippen molar-refractivity contribution >= 4 is 44.7 Å². The minimum absolute atomic E-state index is 0.477. The molecule has 1 fully saturated rings. The van der Waals surface area contributed by atoms with Gasteiger partial charge in [0.15, 0.2) is 34.8 Å². The van der Waals surface area contributed by atoms with Crippen LogP contribution in [-0.2, 0) is 9.31 Å². The molecule has 0 radical (unpaired) electrons. The second-order valence-corrected chi connectivity index (χ2v) is 20.0. The Balaban J connectivity index is 0.000000154. The summed E-state index contributed by atoms with van der Waals surface area (Å²) < 4.78 is 14.6. The first kappa shape index (κ1) is 49.7. The van der Waals surface area contributed by atoms with E-state index in [9.17, 15) is 0 Å². The van der Waals surface area contributed by atoms with Crippen molar-refractivity contribution in [2.45, 2.75) is 45.8 Å². The first-order chi connectivity index (χ1) is 34.9. The summed E-state index contributed by atoms with van der Waals surface area (Å²) in [5.41, 5.74) is 10.2. The molecule has 1 saturated heterocycles. The zero-order valence-electron chi connectivity index (χ0n) is 40.6. The number of benzene rings is 8. The molecule has 0 N–H and O–H groups in total. The Labute approximate surface area is 439 Å². The Bertz CT molecular complexity index is 3320. The molecule has 8 aromatic carbocycles. The number of hydrogen-bond donors (Lipinski definition) is 0. The summed E-state index contributed by atoms with van der Waals surface area (Å²) >= 11 is 6.84. The SMILES string of the molecule is Brc1ccc(-c2nc(-c3ccccc3)nc(-c3ccc(-c4ccccc4)cc3)n2)cc1.CC1(C)OB(c2nc(-c3ccccc3)nc(-c3ccc(-c4ccccc4)cc3)n2)OC1(C)C.Cc1ccc(Br)cc1. The number of aryl methyl sites for hydroxylation is 1. The van der Waals surface area contributed by atoms with E-state index in [1.54, 1.807) is 0 Å². The van der Waals surface area contributed by atoms with Gasteiger partial charge in [-0.05, 0) is 81.1 Å². The van der Waals surface area contributed by atoms with Crippen LogP contribution in [0.5, 0.6) is 0 Å². The maximum atomic E-state index is 6.23. The van der Waals surface area contributed by atoms with E-state index >= 15 is 0 Å². The molecule has 1 aliphatic rings. The first-order valence-corrected chi connectivity index (χ1v) is 25.2. The quantitative estimate of drug-likeness (QED) is 0.139.